The van der Waals surface area contributed by atoms with Crippen LogP contribution < -0.4 is 14.2 Å². The molecule has 0 bridgehead atoms. The van der Waals surface area contributed by atoms with Gasteiger partial charge in [0.25, 0.3) is 0 Å². The van der Waals surface area contributed by atoms with Gasteiger partial charge in [-0.15, -0.1) is 0 Å². The highest BCUT2D eigenvalue weighted by atomic mass is 79.9. The number of phenolic OH excluding ortho intramolecular Hbond substituents is 1. The zero-order valence-corrected chi connectivity index (χ0v) is 33.4. The van der Waals surface area contributed by atoms with Crippen LogP contribution in [0.2, 0.25) is 0 Å². The quantitative estimate of drug-likeness (QED) is 0.117. The molecule has 1 aliphatic rings. The molecule has 0 heterocycles. The Kier molecular flexibility index (Phi) is 10.9. The van der Waals surface area contributed by atoms with Gasteiger partial charge in [0.15, 0.2) is 11.5 Å². The number of carbonyl (C=O) groups excluding carboxylic acids is 4. The molecule has 1 atom stereocenters. The fourth-order valence-corrected chi connectivity index (χ4v) is 7.38. The van der Waals surface area contributed by atoms with Crippen molar-refractivity contribution >= 4 is 56.4 Å². The first-order valence-electron chi connectivity index (χ1n) is 16.9. The van der Waals surface area contributed by atoms with Gasteiger partial charge in [-0.25, -0.2) is 19.2 Å². The maximum Gasteiger partial charge on any atom is 0.356 e. The van der Waals surface area contributed by atoms with Gasteiger partial charge in [-0.05, 0) is 134 Å². The van der Waals surface area contributed by atoms with Crippen LogP contribution in [-0.4, -0.2) is 57.7 Å². The summed E-state index contributed by atoms with van der Waals surface area (Å²) >= 11 is 3.23. The Labute approximate surface area is 325 Å². The molecule has 1 aliphatic carbocycles. The van der Waals surface area contributed by atoms with Crippen molar-refractivity contribution in [3.05, 3.63) is 113 Å². The predicted octanol–water partition coefficient (Wildman–Crippen LogP) is 7.61. The van der Waals surface area contributed by atoms with Gasteiger partial charge >= 0.3 is 23.9 Å². The Balaban J connectivity index is 1.49. The number of hydrogen-bond acceptors (Lipinski definition) is 11. The number of rotatable bonds is 8. The summed E-state index contributed by atoms with van der Waals surface area (Å²) < 4.78 is 22.5. The van der Waals surface area contributed by atoms with Crippen LogP contribution in [0.25, 0.3) is 10.8 Å². The van der Waals surface area contributed by atoms with E-state index in [0.29, 0.717) is 44.2 Å². The van der Waals surface area contributed by atoms with E-state index in [1.807, 2.05) is 0 Å². The number of aliphatic hydroxyl groups is 1. The smallest absolute Gasteiger partial charge is 0.356 e. The number of carboxylic acids is 1. The van der Waals surface area contributed by atoms with Crippen molar-refractivity contribution in [3.63, 3.8) is 0 Å². The van der Waals surface area contributed by atoms with Crippen molar-refractivity contribution in [2.45, 2.75) is 67.9 Å². The summed E-state index contributed by atoms with van der Waals surface area (Å²) in [7, 11) is 1.19. The zero-order valence-electron chi connectivity index (χ0n) is 31.9. The lowest BCUT2D eigenvalue weighted by Gasteiger charge is -2.30. The Hall–Kier alpha value is -5.79. The number of aromatic carboxylic acids is 1. The van der Waals surface area contributed by atoms with Crippen molar-refractivity contribution < 1.29 is 58.2 Å². The van der Waals surface area contributed by atoms with E-state index in [2.05, 4.69) is 15.9 Å². The number of esters is 3. The third-order valence-corrected chi connectivity index (χ3v) is 11.2. The van der Waals surface area contributed by atoms with Crippen LogP contribution in [0, 0.1) is 55.4 Å². The first-order chi connectivity index (χ1) is 25.7. The van der Waals surface area contributed by atoms with Gasteiger partial charge in [-0.2, -0.15) is 0 Å². The number of carboxylic acid groups (broad SMARTS) is 1. The second kappa shape index (κ2) is 14.8. The Morgan fingerprint density at radius 2 is 1.11 bits per heavy atom. The molecule has 0 saturated heterocycles. The molecule has 5 rings (SSSR count). The van der Waals surface area contributed by atoms with Crippen molar-refractivity contribution in [1.29, 1.82) is 0 Å². The summed E-state index contributed by atoms with van der Waals surface area (Å²) in [5.41, 5.74) is 0.896. The number of methoxy groups -OCH3 is 1. The van der Waals surface area contributed by atoms with E-state index in [-0.39, 0.29) is 60.9 Å². The summed E-state index contributed by atoms with van der Waals surface area (Å²) in [4.78, 5) is 65.3. The van der Waals surface area contributed by atoms with Gasteiger partial charge in [0.1, 0.15) is 33.0 Å². The van der Waals surface area contributed by atoms with Crippen LogP contribution in [0.15, 0.2) is 52.2 Å². The molecule has 0 spiro atoms. The van der Waals surface area contributed by atoms with Gasteiger partial charge in [0.05, 0.1) is 18.2 Å². The first kappa shape index (κ1) is 40.4. The van der Waals surface area contributed by atoms with Gasteiger partial charge in [0.2, 0.25) is 5.60 Å². The van der Waals surface area contributed by atoms with E-state index < -0.39 is 41.0 Å². The number of ether oxygens (including phenoxy) is 4. The highest BCUT2D eigenvalue weighted by Gasteiger charge is 2.48. The Morgan fingerprint density at radius 1 is 0.636 bits per heavy atom. The number of ketones is 1. The number of aromatic hydroxyl groups is 1. The molecule has 0 amide bonds. The molecule has 3 N–H and O–H groups in total. The topological polar surface area (TPSA) is 183 Å². The predicted molar refractivity (Wildman–Crippen MR) is 205 cm³/mol. The molecule has 0 saturated carbocycles. The van der Waals surface area contributed by atoms with Crippen LogP contribution >= 0.6 is 15.9 Å². The molecule has 0 aromatic heterocycles. The number of carbonyl (C=O) groups is 5. The van der Waals surface area contributed by atoms with E-state index in [1.165, 1.54) is 27.9 Å². The minimum Gasteiger partial charge on any atom is -0.506 e. The normalized spacial score (nSPS) is 15.3. The van der Waals surface area contributed by atoms with Gasteiger partial charge in [0, 0.05) is 16.8 Å². The largest absolute Gasteiger partial charge is 0.506 e. The van der Waals surface area contributed by atoms with Crippen molar-refractivity contribution in [2.24, 2.45) is 0 Å². The first-order valence-corrected chi connectivity index (χ1v) is 17.7. The number of halogens is 1. The highest BCUT2D eigenvalue weighted by molar-refractivity contribution is 9.10. The van der Waals surface area contributed by atoms with Gasteiger partial charge in [-0.1, -0.05) is 24.3 Å². The minimum atomic E-state index is -2.43. The minimum absolute atomic E-state index is 0.0412. The van der Waals surface area contributed by atoms with Crippen LogP contribution in [0.1, 0.15) is 82.5 Å². The molecule has 4 aromatic rings. The van der Waals surface area contributed by atoms with E-state index in [4.69, 9.17) is 18.9 Å². The van der Waals surface area contributed by atoms with Crippen LogP contribution in [0.4, 0.5) is 0 Å². The van der Waals surface area contributed by atoms with Crippen LogP contribution in [-0.2, 0) is 14.3 Å². The summed E-state index contributed by atoms with van der Waals surface area (Å²) in [6.07, 6.45) is 2.04. The fraction of sp³-hybridized carbons (Fsp3) is 0.262. The molecule has 4 aromatic carbocycles. The lowest BCUT2D eigenvalue weighted by atomic mass is 9.87. The number of phenols is 1. The summed E-state index contributed by atoms with van der Waals surface area (Å²) in [5.74, 6) is -5.19. The molecule has 0 radical (unpaired) electrons. The molecular weight excluding hydrogens is 776 g/mol. The molecule has 0 fully saturated rings. The summed E-state index contributed by atoms with van der Waals surface area (Å²) in [6.45, 7) is 14.5. The number of fused-ring (bicyclic) bond motifs is 1. The van der Waals surface area contributed by atoms with Crippen molar-refractivity contribution in [1.82, 2.24) is 0 Å². The Morgan fingerprint density at radius 3 is 1.67 bits per heavy atom. The molecule has 13 heteroatoms. The number of benzene rings is 4. The molecule has 0 unspecified atom stereocenters. The molecule has 12 nitrogen and oxygen atoms in total. The van der Waals surface area contributed by atoms with Crippen molar-refractivity contribution in [2.75, 3.05) is 7.11 Å². The van der Waals surface area contributed by atoms with Crippen LogP contribution in [0.3, 0.4) is 0 Å². The van der Waals surface area contributed by atoms with E-state index >= 15 is 0 Å². The van der Waals surface area contributed by atoms with E-state index in [1.54, 1.807) is 65.8 Å². The second-order valence-corrected chi connectivity index (χ2v) is 14.2. The average Bonchev–Trinajstić information content (AvgIpc) is 3.13. The Bertz CT molecular complexity index is 2410. The maximum absolute atomic E-state index is 13.9. The maximum atomic E-state index is 13.9. The third-order valence-electron chi connectivity index (χ3n) is 10.5. The van der Waals surface area contributed by atoms with E-state index in [9.17, 15) is 39.3 Å². The molecular formula is C42H39BrO12. The average molecular weight is 816 g/mol. The molecule has 55 heavy (non-hydrogen) atoms. The number of hydrogen-bond donors (Lipinski definition) is 3. The SMILES string of the molecule is COC1=CC(=O)C=C(C)[C@]1(O)C(=O)Oc1c(C)c(C)c(C(=O)Oc2c(C)c(C)c(C(=O)Oc3c(C)c(C)c(C(=O)O)c4ccccc34)c(C)c2C)c(O)c1Br. The zero-order chi connectivity index (χ0) is 41.0. The summed E-state index contributed by atoms with van der Waals surface area (Å²) in [6, 6.07) is 6.80. The lowest BCUT2D eigenvalue weighted by Crippen LogP contribution is -2.47. The lowest BCUT2D eigenvalue weighted by molar-refractivity contribution is -0.151. The van der Waals surface area contributed by atoms with Gasteiger partial charge in [-0.3, -0.25) is 4.79 Å². The summed E-state index contributed by atoms with van der Waals surface area (Å²) in [5, 5.41) is 33.4. The van der Waals surface area contributed by atoms with Crippen LogP contribution in [0.5, 0.6) is 23.0 Å². The van der Waals surface area contributed by atoms with E-state index in [0.717, 1.165) is 12.2 Å². The monoisotopic (exact) mass is 814 g/mol. The third kappa shape index (κ3) is 6.57. The molecule has 286 valence electrons. The second-order valence-electron chi connectivity index (χ2n) is 13.4. The highest BCUT2D eigenvalue weighted by Crippen LogP contribution is 2.45. The van der Waals surface area contributed by atoms with Gasteiger partial charge < -0.3 is 34.3 Å². The molecule has 0 aliphatic heterocycles. The van der Waals surface area contributed by atoms with Crippen molar-refractivity contribution in [3.8, 4) is 23.0 Å². The number of allylic oxidation sites excluding steroid dienone is 2. The fourth-order valence-electron chi connectivity index (χ4n) is 6.80. The standard InChI is InChI=1S/C42H39BrO12/c1-17-15-26(44)16-29(52-10)42(17,51)41(50)55-37-25(9)21(5)32(34(45)33(37)43)40(49)53-35-22(6)18(2)30(19(3)23(35)7)39(48)54-36-24(8)20(4)31(38(46)47)27-13-11-12-14-28(27)36/h11-16,45,51H,1-10H3,(H,46,47)/t42-/m1/s1.